The van der Waals surface area contributed by atoms with Crippen LogP contribution in [0, 0.1) is 0 Å². The van der Waals surface area contributed by atoms with Gasteiger partial charge in [0.25, 0.3) is 5.91 Å². The zero-order valence-electron chi connectivity index (χ0n) is 22.7. The van der Waals surface area contributed by atoms with Crippen molar-refractivity contribution >= 4 is 17.5 Å². The standard InChI is InChI=1S/C27H29ClF3N7O3/c1-16(2)38(17(3)4)25(40)20-7-5-6-8-21(20)37-15-32-23(33-37)14-36-26(41)35(13-22(39)27(29,30)31)24(34-36)18-9-11-19(28)12-10-18/h5-12,15-17,22,39H,13-14H2,1-4H3/t22-/m0/s1. The summed E-state index contributed by atoms with van der Waals surface area (Å²) in [5.41, 5.74) is 0.301. The number of nitrogens with zero attached hydrogens (tertiary/aromatic N) is 7. The fourth-order valence-corrected chi connectivity index (χ4v) is 4.60. The van der Waals surface area contributed by atoms with Gasteiger partial charge < -0.3 is 10.0 Å². The molecule has 0 bridgehead atoms. The van der Waals surface area contributed by atoms with Crippen LogP contribution in [0.25, 0.3) is 17.1 Å². The predicted molar refractivity (Wildman–Crippen MR) is 146 cm³/mol. The molecule has 1 atom stereocenters. The average molecular weight is 592 g/mol. The van der Waals surface area contributed by atoms with Crippen molar-refractivity contribution in [2.75, 3.05) is 0 Å². The van der Waals surface area contributed by atoms with E-state index in [4.69, 9.17) is 11.6 Å². The molecule has 0 aliphatic rings. The summed E-state index contributed by atoms with van der Waals surface area (Å²) in [6.07, 6.45) is -6.34. The van der Waals surface area contributed by atoms with Crippen LogP contribution in [-0.4, -0.2) is 69.4 Å². The first-order valence-corrected chi connectivity index (χ1v) is 13.2. The molecule has 0 saturated carbocycles. The molecule has 4 aromatic rings. The molecule has 1 N–H and O–H groups in total. The van der Waals surface area contributed by atoms with Gasteiger partial charge in [0.05, 0.1) is 17.8 Å². The molecule has 1 amide bonds. The Kier molecular flexibility index (Phi) is 8.69. The number of alkyl halides is 3. The molecule has 2 aromatic heterocycles. The van der Waals surface area contributed by atoms with E-state index in [-0.39, 0.29) is 36.2 Å². The molecule has 0 spiro atoms. The molecule has 218 valence electrons. The second kappa shape index (κ2) is 11.9. The fraction of sp³-hybridized carbons (Fsp3) is 0.370. The van der Waals surface area contributed by atoms with Gasteiger partial charge in [-0.2, -0.15) is 13.2 Å². The molecule has 0 saturated heterocycles. The van der Waals surface area contributed by atoms with Gasteiger partial charge in [0, 0.05) is 22.7 Å². The number of carbonyl (C=O) groups is 1. The summed E-state index contributed by atoms with van der Waals surface area (Å²) in [6, 6.07) is 12.8. The molecule has 2 heterocycles. The normalized spacial score (nSPS) is 12.8. The minimum Gasteiger partial charge on any atom is -0.382 e. The monoisotopic (exact) mass is 591 g/mol. The summed E-state index contributed by atoms with van der Waals surface area (Å²) >= 11 is 5.93. The number of halogens is 4. The van der Waals surface area contributed by atoms with E-state index < -0.39 is 24.5 Å². The number of amides is 1. The van der Waals surface area contributed by atoms with Crippen LogP contribution in [0.4, 0.5) is 13.2 Å². The third kappa shape index (κ3) is 6.51. The van der Waals surface area contributed by atoms with Crippen molar-refractivity contribution in [2.45, 2.75) is 65.1 Å². The molecular weight excluding hydrogens is 563 g/mol. The van der Waals surface area contributed by atoms with Crippen molar-refractivity contribution in [1.82, 2.24) is 34.0 Å². The molecule has 0 unspecified atom stereocenters. The van der Waals surface area contributed by atoms with Crippen molar-refractivity contribution in [1.29, 1.82) is 0 Å². The van der Waals surface area contributed by atoms with Crippen LogP contribution >= 0.6 is 11.6 Å². The van der Waals surface area contributed by atoms with E-state index in [2.05, 4.69) is 15.2 Å². The minimum atomic E-state index is -4.94. The number of aromatic nitrogens is 6. The van der Waals surface area contributed by atoms with Crippen molar-refractivity contribution < 1.29 is 23.1 Å². The average Bonchev–Trinajstić information content (AvgIpc) is 3.48. The molecule has 0 aliphatic heterocycles. The molecular formula is C27H29ClF3N7O3. The molecule has 0 aliphatic carbocycles. The van der Waals surface area contributed by atoms with Crippen molar-refractivity contribution in [3.63, 3.8) is 0 Å². The van der Waals surface area contributed by atoms with E-state index >= 15 is 0 Å². The quantitative estimate of drug-likeness (QED) is 0.313. The van der Waals surface area contributed by atoms with Crippen molar-refractivity contribution in [3.8, 4) is 17.1 Å². The van der Waals surface area contributed by atoms with Crippen LogP contribution in [0.5, 0.6) is 0 Å². The molecule has 41 heavy (non-hydrogen) atoms. The first-order chi connectivity index (χ1) is 19.3. The summed E-state index contributed by atoms with van der Waals surface area (Å²) in [5.74, 6) is -0.149. The maximum absolute atomic E-state index is 13.4. The van der Waals surface area contributed by atoms with Gasteiger partial charge in [0.1, 0.15) is 12.9 Å². The lowest BCUT2D eigenvalue weighted by molar-refractivity contribution is -0.207. The minimum absolute atomic E-state index is 0.0467. The predicted octanol–water partition coefficient (Wildman–Crippen LogP) is 4.18. The SMILES string of the molecule is CC(C)N(C(=O)c1ccccc1-n1cnc(Cn2nc(-c3ccc(Cl)cc3)n(C[C@H](O)C(F)(F)F)c2=O)n1)C(C)C. The van der Waals surface area contributed by atoms with E-state index in [1.165, 1.54) is 35.3 Å². The summed E-state index contributed by atoms with van der Waals surface area (Å²) < 4.78 is 42.5. The number of rotatable bonds is 9. The number of aliphatic hydroxyl groups excluding tert-OH is 1. The largest absolute Gasteiger partial charge is 0.416 e. The van der Waals surface area contributed by atoms with E-state index in [1.54, 1.807) is 29.2 Å². The van der Waals surface area contributed by atoms with Crippen LogP contribution in [0.3, 0.4) is 0 Å². The first-order valence-electron chi connectivity index (χ1n) is 12.8. The highest BCUT2D eigenvalue weighted by atomic mass is 35.5. The summed E-state index contributed by atoms with van der Waals surface area (Å²) in [7, 11) is 0. The Labute approximate surface area is 238 Å². The van der Waals surface area contributed by atoms with Gasteiger partial charge >= 0.3 is 11.9 Å². The summed E-state index contributed by atoms with van der Waals surface area (Å²) in [6.45, 7) is 6.38. The second-order valence-corrected chi connectivity index (χ2v) is 10.4. The van der Waals surface area contributed by atoms with Gasteiger partial charge in [-0.1, -0.05) is 23.7 Å². The highest BCUT2D eigenvalue weighted by molar-refractivity contribution is 6.30. The topological polar surface area (TPSA) is 111 Å². The van der Waals surface area contributed by atoms with Crippen molar-refractivity contribution in [2.24, 2.45) is 0 Å². The fourth-order valence-electron chi connectivity index (χ4n) is 4.48. The van der Waals surface area contributed by atoms with Gasteiger partial charge in [-0.3, -0.25) is 9.36 Å². The number of benzene rings is 2. The number of aliphatic hydroxyl groups is 1. The third-order valence-corrected chi connectivity index (χ3v) is 6.57. The molecule has 10 nitrogen and oxygen atoms in total. The smallest absolute Gasteiger partial charge is 0.382 e. The van der Waals surface area contributed by atoms with Crippen LogP contribution in [-0.2, 0) is 13.1 Å². The molecule has 0 fully saturated rings. The Morgan fingerprint density at radius 1 is 1.02 bits per heavy atom. The van der Waals surface area contributed by atoms with Crippen LogP contribution in [0.1, 0.15) is 43.9 Å². The lowest BCUT2D eigenvalue weighted by Crippen LogP contribution is -2.42. The Morgan fingerprint density at radius 3 is 2.27 bits per heavy atom. The van der Waals surface area contributed by atoms with Crippen LogP contribution in [0.2, 0.25) is 5.02 Å². The Morgan fingerprint density at radius 2 is 1.66 bits per heavy atom. The van der Waals surface area contributed by atoms with Gasteiger partial charge in [0.2, 0.25) is 0 Å². The summed E-state index contributed by atoms with van der Waals surface area (Å²) in [4.78, 5) is 32.6. The van der Waals surface area contributed by atoms with Crippen molar-refractivity contribution in [3.05, 3.63) is 81.8 Å². The van der Waals surface area contributed by atoms with E-state index in [9.17, 15) is 27.9 Å². The molecule has 4 rings (SSSR count). The van der Waals surface area contributed by atoms with E-state index in [0.29, 0.717) is 21.8 Å². The highest BCUT2D eigenvalue weighted by Crippen LogP contribution is 2.24. The maximum Gasteiger partial charge on any atom is 0.416 e. The van der Waals surface area contributed by atoms with Gasteiger partial charge in [-0.05, 0) is 64.1 Å². The number of carbonyl (C=O) groups excluding carboxylic acids is 1. The first kappa shape index (κ1) is 30.0. The van der Waals surface area contributed by atoms with E-state index in [0.717, 1.165) is 9.25 Å². The van der Waals surface area contributed by atoms with Crippen LogP contribution < -0.4 is 5.69 Å². The second-order valence-electron chi connectivity index (χ2n) is 9.96. The Bertz CT molecular complexity index is 1570. The Hall–Kier alpha value is -3.97. The van der Waals surface area contributed by atoms with Gasteiger partial charge in [-0.25, -0.2) is 19.1 Å². The summed E-state index contributed by atoms with van der Waals surface area (Å²) in [5, 5.41) is 18.7. The van der Waals surface area contributed by atoms with E-state index in [1.807, 2.05) is 27.7 Å². The van der Waals surface area contributed by atoms with Gasteiger partial charge in [-0.15, -0.1) is 10.2 Å². The lowest BCUT2D eigenvalue weighted by atomic mass is 10.1. The lowest BCUT2D eigenvalue weighted by Gasteiger charge is -2.31. The Balaban J connectivity index is 1.69. The molecule has 0 radical (unpaired) electrons. The van der Waals surface area contributed by atoms with Gasteiger partial charge in [0.15, 0.2) is 17.8 Å². The number of para-hydroxylation sites is 1. The zero-order valence-corrected chi connectivity index (χ0v) is 23.5. The highest BCUT2D eigenvalue weighted by Gasteiger charge is 2.39. The number of hydrogen-bond acceptors (Lipinski definition) is 6. The zero-order chi connectivity index (χ0) is 30.1. The van der Waals surface area contributed by atoms with Crippen LogP contribution in [0.15, 0.2) is 59.7 Å². The molecule has 14 heteroatoms. The maximum atomic E-state index is 13.4. The number of hydrogen-bond donors (Lipinski definition) is 1. The molecule has 2 aromatic carbocycles. The third-order valence-electron chi connectivity index (χ3n) is 6.32.